The Morgan fingerprint density at radius 3 is 1.09 bits per heavy atom. The van der Waals surface area contributed by atoms with Gasteiger partial charge in [-0.3, -0.25) is 40.2 Å². The van der Waals surface area contributed by atoms with E-state index >= 15 is 19.2 Å². The van der Waals surface area contributed by atoms with Gasteiger partial charge in [0.1, 0.15) is 22.9 Å². The number of carbonyl (C=O) groups is 2. The van der Waals surface area contributed by atoms with Gasteiger partial charge in [-0.1, -0.05) is 301 Å². The van der Waals surface area contributed by atoms with E-state index < -0.39 is 28.9 Å². The van der Waals surface area contributed by atoms with E-state index in [0.717, 1.165) is 46.2 Å². The van der Waals surface area contributed by atoms with Gasteiger partial charge in [0.05, 0.1) is 102 Å². The molecule has 9 rings (SSSR count). The Balaban J connectivity index is 1.25. The minimum absolute atomic E-state index is 0.0824. The van der Waals surface area contributed by atoms with E-state index in [4.69, 9.17) is 149 Å². The first-order chi connectivity index (χ1) is 48.6. The minimum atomic E-state index is -1.66. The first kappa shape index (κ1) is 81.3. The number of hydrogen-bond acceptors (Lipinski definition) is 8. The van der Waals surface area contributed by atoms with Crippen LogP contribution in [-0.2, 0) is 31.2 Å². The summed E-state index contributed by atoms with van der Waals surface area (Å²) in [6, 6.07) is 34.0. The van der Waals surface area contributed by atoms with Crippen molar-refractivity contribution in [3.8, 4) is 22.9 Å². The number of carbonyl (C=O) groups excluding carboxylic acids is 2. The molecule has 548 valence electrons. The lowest BCUT2D eigenvalue weighted by molar-refractivity contribution is -0.122. The van der Waals surface area contributed by atoms with Crippen LogP contribution in [0.2, 0.25) is 60.3 Å². The predicted molar refractivity (Wildman–Crippen MR) is 429 cm³/mol. The number of nitrogens with zero attached hydrogens (tertiary/aromatic N) is 4. The standard InChI is InChI=1S/C77H80Cl12N8O6/c1-13-74(5,6)43-34-36-51(45(40-43)76(9,10)15-3)102-38-24-32-53(98)90-94(49-30-22-20-28-47(49)78)70-56(72(100)96(92-70)68-64(86)60(82)58(80)61(83)65(68)87)55(42-26-18-17-19-27-42)57-71(93-97(73(57)101)69-66(88)62(84)59(81)63(85)67(69)89)95(50-31-23-21-29-48(50)79)91-54(99)33-25-39-103-52-37-35-44(75(7,8)14-2)41-46(52)77(11,12)16-4/h17-23,26-31,34-37,40-41,55,92-93H,13-16,24-25,32-33,38-39H2,1-12H3,(H,90,98)(H,91,99). The second-order valence-corrected chi connectivity index (χ2v) is 32.2. The number of benzene rings is 7. The number of ether oxygens (including phenoxy) is 2. The zero-order valence-electron chi connectivity index (χ0n) is 58.9. The Labute approximate surface area is 661 Å². The van der Waals surface area contributed by atoms with Crippen LogP contribution in [0.15, 0.2) is 125 Å². The van der Waals surface area contributed by atoms with Crippen molar-refractivity contribution in [3.05, 3.63) is 235 Å². The van der Waals surface area contributed by atoms with Gasteiger partial charge in [0, 0.05) is 24.0 Å². The number of H-pyrrole nitrogens is 2. The summed E-state index contributed by atoms with van der Waals surface area (Å²) in [7, 11) is 0. The van der Waals surface area contributed by atoms with E-state index in [1.165, 1.54) is 21.1 Å². The van der Waals surface area contributed by atoms with Crippen molar-refractivity contribution in [3.63, 3.8) is 0 Å². The Bertz CT molecular complexity index is 4440. The number of amides is 2. The van der Waals surface area contributed by atoms with E-state index in [-0.39, 0.29) is 172 Å². The van der Waals surface area contributed by atoms with Gasteiger partial charge >= 0.3 is 0 Å². The molecule has 0 saturated heterocycles. The largest absolute Gasteiger partial charge is 0.493 e. The van der Waals surface area contributed by atoms with Gasteiger partial charge in [-0.05, 0) is 113 Å². The molecule has 0 bridgehead atoms. The molecule has 0 spiro atoms. The molecule has 0 aliphatic heterocycles. The van der Waals surface area contributed by atoms with Gasteiger partial charge in [0.2, 0.25) is 11.8 Å². The normalized spacial score (nSPS) is 12.1. The van der Waals surface area contributed by atoms with Crippen LogP contribution in [0.25, 0.3) is 11.4 Å². The van der Waals surface area contributed by atoms with E-state index in [2.05, 4.69) is 128 Å². The van der Waals surface area contributed by atoms with Crippen LogP contribution < -0.4 is 41.5 Å². The van der Waals surface area contributed by atoms with Crippen molar-refractivity contribution in [2.24, 2.45) is 0 Å². The maximum Gasteiger partial charge on any atom is 0.277 e. The maximum atomic E-state index is 16.7. The summed E-state index contributed by atoms with van der Waals surface area (Å²) in [6.45, 7) is 26.4. The number of aromatic amines is 2. The molecule has 26 heteroatoms. The summed E-state index contributed by atoms with van der Waals surface area (Å²) in [5, 5.41) is 6.16. The lowest BCUT2D eigenvalue weighted by Crippen LogP contribution is -2.41. The zero-order valence-corrected chi connectivity index (χ0v) is 68.0. The van der Waals surface area contributed by atoms with Crippen molar-refractivity contribution < 1.29 is 19.1 Å². The number of hydrazine groups is 2. The van der Waals surface area contributed by atoms with Gasteiger partial charge < -0.3 is 9.47 Å². The van der Waals surface area contributed by atoms with E-state index in [0.29, 0.717) is 11.5 Å². The quantitative estimate of drug-likeness (QED) is 0.0156. The second kappa shape index (κ2) is 33.5. The maximum absolute atomic E-state index is 16.7. The van der Waals surface area contributed by atoms with E-state index in [9.17, 15) is 0 Å². The number of anilines is 4. The molecule has 103 heavy (non-hydrogen) atoms. The van der Waals surface area contributed by atoms with Crippen LogP contribution in [0, 0.1) is 0 Å². The molecular weight excluding hydrogens is 1560 g/mol. The summed E-state index contributed by atoms with van der Waals surface area (Å²) in [5.74, 6) is -1.90. The number of halogens is 12. The fourth-order valence-electron chi connectivity index (χ4n) is 11.7. The van der Waals surface area contributed by atoms with Gasteiger partial charge in [0.25, 0.3) is 11.1 Å². The Morgan fingerprint density at radius 1 is 0.437 bits per heavy atom. The molecule has 0 atom stereocenters. The summed E-state index contributed by atoms with van der Waals surface area (Å²) >= 11 is 83.4. The fourth-order valence-corrected chi connectivity index (χ4v) is 14.7. The molecule has 0 aliphatic rings. The molecule has 2 aromatic heterocycles. The van der Waals surface area contributed by atoms with Crippen LogP contribution in [-0.4, -0.2) is 44.6 Å². The minimum Gasteiger partial charge on any atom is -0.493 e. The van der Waals surface area contributed by atoms with Crippen LogP contribution in [0.3, 0.4) is 0 Å². The average Bonchev–Trinajstić information content (AvgIpc) is 1.57. The Hall–Kier alpha value is -5.82. The molecule has 0 saturated carbocycles. The topological polar surface area (TPSA) is 159 Å². The SMILES string of the molecule is CCC(C)(C)c1ccc(OCCCC(=O)NN(c2ccccc2Cl)c2[nH]n(-c3c(Cl)c(Cl)c(Cl)c(Cl)c3Cl)c(=O)c2C(c2ccccc2)c2c(N(NC(=O)CCCOc3ccc(C(C)(C)CC)cc3C(C)(C)CC)c3ccccc3Cl)[nH]n(-c3c(Cl)c(Cl)c(Cl)c(Cl)c3Cl)c2=O)c(C(C)(C)CC)c1. The van der Waals surface area contributed by atoms with E-state index in [1.807, 2.05) is 12.1 Å². The summed E-state index contributed by atoms with van der Waals surface area (Å²) in [4.78, 5) is 63.4. The van der Waals surface area contributed by atoms with Gasteiger partial charge in [-0.15, -0.1) is 0 Å². The zero-order chi connectivity index (χ0) is 75.5. The van der Waals surface area contributed by atoms with Gasteiger partial charge in [0.15, 0.2) is 11.6 Å². The first-order valence-electron chi connectivity index (χ1n) is 33.6. The van der Waals surface area contributed by atoms with Gasteiger partial charge in [-0.2, -0.15) is 0 Å². The van der Waals surface area contributed by atoms with Gasteiger partial charge in [-0.25, -0.2) is 19.4 Å². The molecule has 9 aromatic rings. The molecule has 0 fully saturated rings. The predicted octanol–water partition coefficient (Wildman–Crippen LogP) is 24.5. The highest BCUT2D eigenvalue weighted by Gasteiger charge is 2.41. The molecule has 0 radical (unpaired) electrons. The van der Waals surface area contributed by atoms with Crippen molar-refractivity contribution in [2.75, 3.05) is 23.2 Å². The lowest BCUT2D eigenvalue weighted by atomic mass is 9.76. The van der Waals surface area contributed by atoms with E-state index in [1.54, 1.807) is 78.9 Å². The molecule has 0 aliphatic carbocycles. The average molecular weight is 1640 g/mol. The van der Waals surface area contributed by atoms with Crippen LogP contribution in [0.1, 0.15) is 179 Å². The summed E-state index contributed by atoms with van der Waals surface area (Å²) < 4.78 is 15.0. The number of nitrogens with one attached hydrogen (secondary N) is 4. The highest BCUT2D eigenvalue weighted by atomic mass is 35.5. The van der Waals surface area contributed by atoms with Crippen LogP contribution >= 0.6 is 139 Å². The summed E-state index contributed by atoms with van der Waals surface area (Å²) in [6.07, 6.45) is 3.66. The molecular formula is C77H80Cl12N8O6. The van der Waals surface area contributed by atoms with Crippen molar-refractivity contribution in [1.29, 1.82) is 0 Å². The third kappa shape index (κ3) is 17.0. The molecule has 0 unspecified atom stereocenters. The fraction of sp³-hybridized carbons (Fsp3) is 0.351. The second-order valence-electron chi connectivity index (χ2n) is 27.6. The number of hydrogen-bond donors (Lipinski definition) is 4. The smallest absolute Gasteiger partial charge is 0.277 e. The lowest BCUT2D eigenvalue weighted by Gasteiger charge is -2.30. The molecule has 14 nitrogen and oxygen atoms in total. The Morgan fingerprint density at radius 2 is 0.757 bits per heavy atom. The van der Waals surface area contributed by atoms with Crippen LogP contribution in [0.5, 0.6) is 11.5 Å². The molecule has 4 N–H and O–H groups in total. The monoisotopic (exact) mass is 1630 g/mol. The highest BCUT2D eigenvalue weighted by molar-refractivity contribution is 6.57. The van der Waals surface area contributed by atoms with Crippen molar-refractivity contribution in [2.45, 2.75) is 162 Å². The Kier molecular flexibility index (Phi) is 26.5. The van der Waals surface area contributed by atoms with Crippen molar-refractivity contribution >= 4 is 174 Å². The highest BCUT2D eigenvalue weighted by Crippen LogP contribution is 2.50. The van der Waals surface area contributed by atoms with Crippen molar-refractivity contribution in [1.82, 2.24) is 30.4 Å². The molecule has 2 amide bonds. The first-order valence-corrected chi connectivity index (χ1v) is 38.1. The number of rotatable bonds is 29. The third-order valence-corrected chi connectivity index (χ3v) is 24.7. The number of para-hydroxylation sites is 2. The summed E-state index contributed by atoms with van der Waals surface area (Å²) in [5.41, 5.74) is 7.19. The third-order valence-electron chi connectivity index (χ3n) is 19.6. The molecule has 7 aromatic carbocycles. The van der Waals surface area contributed by atoms with Crippen LogP contribution in [0.4, 0.5) is 23.0 Å². The molecule has 2 heterocycles. The number of aromatic nitrogens is 4.